The monoisotopic (exact) mass is 359 g/mol. The molecule has 22 heavy (non-hydrogen) atoms. The second-order valence-electron chi connectivity index (χ2n) is 5.84. The molecule has 1 atom stereocenters. The van der Waals surface area contributed by atoms with Crippen molar-refractivity contribution in [3.05, 3.63) is 56.8 Å². The number of hydrogen-bond donors (Lipinski definition) is 1. The number of allylic oxidation sites excluding steroid dienone is 4. The fourth-order valence-corrected chi connectivity index (χ4v) is 3.98. The fourth-order valence-electron chi connectivity index (χ4n) is 3.47. The second kappa shape index (κ2) is 5.84. The summed E-state index contributed by atoms with van der Waals surface area (Å²) in [5.74, 6) is -0.103. The van der Waals surface area contributed by atoms with Crippen LogP contribution in [0.25, 0.3) is 0 Å². The molecule has 3 rings (SSSR count). The van der Waals surface area contributed by atoms with Crippen LogP contribution in [0.15, 0.2) is 51.3 Å². The Morgan fingerprint density at radius 3 is 2.68 bits per heavy atom. The third-order valence-corrected chi connectivity index (χ3v) is 5.09. The molecule has 1 aliphatic carbocycles. The normalized spacial score (nSPS) is 21.6. The molecule has 114 valence electrons. The molecule has 0 bridgehead atoms. The molecule has 4 heteroatoms. The number of hydrogen-bond acceptors (Lipinski definition) is 3. The summed E-state index contributed by atoms with van der Waals surface area (Å²) in [4.78, 5) is 24.8. The molecule has 0 fully saturated rings. The van der Waals surface area contributed by atoms with Crippen molar-refractivity contribution in [2.75, 3.05) is 0 Å². The van der Waals surface area contributed by atoms with Gasteiger partial charge in [-0.2, -0.15) is 0 Å². The first-order valence-corrected chi connectivity index (χ1v) is 8.29. The Balaban J connectivity index is 2.24. The SMILES string of the molecule is CC(=O)C1=C(C)NC2=C(C(=O)CCC2)C1c1ccccc1Br. The van der Waals surface area contributed by atoms with E-state index in [0.717, 1.165) is 39.8 Å². The molecule has 3 nitrogen and oxygen atoms in total. The Hall–Kier alpha value is -1.68. The summed E-state index contributed by atoms with van der Waals surface area (Å²) >= 11 is 3.58. The molecule has 1 heterocycles. The van der Waals surface area contributed by atoms with Gasteiger partial charge in [-0.25, -0.2) is 0 Å². The van der Waals surface area contributed by atoms with Crippen LogP contribution in [0.4, 0.5) is 0 Å². The van der Waals surface area contributed by atoms with E-state index in [-0.39, 0.29) is 17.5 Å². The number of halogens is 1. The molecule has 0 saturated carbocycles. The standard InChI is InChI=1S/C18H18BrNO2/c1-10-16(11(2)21)17(12-6-3-4-7-13(12)19)18-14(20-10)8-5-9-15(18)22/h3-4,6-7,17,20H,5,8-9H2,1-2H3. The minimum atomic E-state index is -0.267. The Morgan fingerprint density at radius 1 is 1.27 bits per heavy atom. The van der Waals surface area contributed by atoms with Crippen LogP contribution in [0.5, 0.6) is 0 Å². The van der Waals surface area contributed by atoms with E-state index in [1.807, 2.05) is 31.2 Å². The van der Waals surface area contributed by atoms with Crippen molar-refractivity contribution in [3.63, 3.8) is 0 Å². The predicted molar refractivity (Wildman–Crippen MR) is 89.3 cm³/mol. The highest BCUT2D eigenvalue weighted by atomic mass is 79.9. The van der Waals surface area contributed by atoms with Crippen LogP contribution in [-0.4, -0.2) is 11.6 Å². The zero-order chi connectivity index (χ0) is 15.9. The molecule has 1 aliphatic heterocycles. The Morgan fingerprint density at radius 2 is 2.00 bits per heavy atom. The molecular formula is C18H18BrNO2. The number of dihydropyridines is 1. The smallest absolute Gasteiger partial charge is 0.161 e. The molecule has 0 spiro atoms. The summed E-state index contributed by atoms with van der Waals surface area (Å²) in [5, 5.41) is 3.30. The number of carbonyl (C=O) groups excluding carboxylic acids is 2. The number of nitrogens with one attached hydrogen (secondary N) is 1. The first kappa shape index (κ1) is 15.2. The van der Waals surface area contributed by atoms with Gasteiger partial charge in [0.2, 0.25) is 0 Å². The second-order valence-corrected chi connectivity index (χ2v) is 6.70. The van der Waals surface area contributed by atoms with Crippen molar-refractivity contribution in [3.8, 4) is 0 Å². The molecule has 0 saturated heterocycles. The van der Waals surface area contributed by atoms with Gasteiger partial charge in [-0.15, -0.1) is 0 Å². The number of carbonyl (C=O) groups is 2. The average Bonchev–Trinajstić information content (AvgIpc) is 2.46. The van der Waals surface area contributed by atoms with E-state index in [2.05, 4.69) is 21.2 Å². The van der Waals surface area contributed by atoms with Crippen LogP contribution in [0.2, 0.25) is 0 Å². The zero-order valence-corrected chi connectivity index (χ0v) is 14.3. The summed E-state index contributed by atoms with van der Waals surface area (Å²) in [6.07, 6.45) is 2.30. The predicted octanol–water partition coefficient (Wildman–Crippen LogP) is 4.01. The summed E-state index contributed by atoms with van der Waals surface area (Å²) in [6, 6.07) is 7.83. The van der Waals surface area contributed by atoms with Gasteiger partial charge in [-0.05, 0) is 38.3 Å². The van der Waals surface area contributed by atoms with Crippen molar-refractivity contribution in [2.24, 2.45) is 0 Å². The van der Waals surface area contributed by atoms with Crippen molar-refractivity contribution in [1.82, 2.24) is 5.32 Å². The highest BCUT2D eigenvalue weighted by Gasteiger charge is 2.37. The highest BCUT2D eigenvalue weighted by Crippen LogP contribution is 2.44. The van der Waals surface area contributed by atoms with Crippen molar-refractivity contribution in [1.29, 1.82) is 0 Å². The quantitative estimate of drug-likeness (QED) is 0.867. The van der Waals surface area contributed by atoms with Gasteiger partial charge in [0, 0.05) is 39.4 Å². The Labute approximate surface area is 138 Å². The van der Waals surface area contributed by atoms with Gasteiger partial charge in [0.15, 0.2) is 11.6 Å². The van der Waals surface area contributed by atoms with Crippen molar-refractivity contribution >= 4 is 27.5 Å². The molecule has 0 radical (unpaired) electrons. The molecule has 1 aromatic rings. The Kier molecular flexibility index (Phi) is 4.04. The van der Waals surface area contributed by atoms with Gasteiger partial charge >= 0.3 is 0 Å². The molecule has 2 aliphatic rings. The topological polar surface area (TPSA) is 46.2 Å². The lowest BCUT2D eigenvalue weighted by molar-refractivity contribution is -0.116. The van der Waals surface area contributed by atoms with Gasteiger partial charge in [0.25, 0.3) is 0 Å². The average molecular weight is 360 g/mol. The molecule has 1 aromatic carbocycles. The summed E-state index contributed by atoms with van der Waals surface area (Å²) < 4.78 is 0.929. The number of Topliss-reactive ketones (excluding diaryl/α,β-unsaturated/α-hetero) is 2. The maximum atomic E-state index is 12.6. The lowest BCUT2D eigenvalue weighted by atomic mass is 9.74. The number of rotatable bonds is 2. The first-order valence-electron chi connectivity index (χ1n) is 7.50. The minimum absolute atomic E-state index is 0.00989. The van der Waals surface area contributed by atoms with Gasteiger partial charge < -0.3 is 5.32 Å². The van der Waals surface area contributed by atoms with E-state index in [9.17, 15) is 9.59 Å². The molecule has 1 unspecified atom stereocenters. The maximum absolute atomic E-state index is 12.6. The lowest BCUT2D eigenvalue weighted by Crippen LogP contribution is -2.33. The van der Waals surface area contributed by atoms with Crippen LogP contribution in [0.3, 0.4) is 0 Å². The van der Waals surface area contributed by atoms with E-state index in [0.29, 0.717) is 12.0 Å². The highest BCUT2D eigenvalue weighted by molar-refractivity contribution is 9.10. The molecular weight excluding hydrogens is 342 g/mol. The van der Waals surface area contributed by atoms with Gasteiger partial charge in [-0.1, -0.05) is 34.1 Å². The largest absolute Gasteiger partial charge is 0.362 e. The third kappa shape index (κ3) is 2.45. The van der Waals surface area contributed by atoms with E-state index >= 15 is 0 Å². The van der Waals surface area contributed by atoms with Crippen LogP contribution in [0, 0.1) is 0 Å². The van der Waals surface area contributed by atoms with Crippen molar-refractivity contribution in [2.45, 2.75) is 39.0 Å². The van der Waals surface area contributed by atoms with E-state index in [4.69, 9.17) is 0 Å². The summed E-state index contributed by atoms with van der Waals surface area (Å²) in [7, 11) is 0. The first-order chi connectivity index (χ1) is 10.5. The van der Waals surface area contributed by atoms with E-state index < -0.39 is 0 Å². The van der Waals surface area contributed by atoms with Crippen LogP contribution >= 0.6 is 15.9 Å². The lowest BCUT2D eigenvalue weighted by Gasteiger charge is -2.34. The zero-order valence-electron chi connectivity index (χ0n) is 12.7. The molecule has 1 N–H and O–H groups in total. The minimum Gasteiger partial charge on any atom is -0.362 e. The van der Waals surface area contributed by atoms with Crippen LogP contribution in [0.1, 0.15) is 44.6 Å². The maximum Gasteiger partial charge on any atom is 0.161 e. The summed E-state index contributed by atoms with van der Waals surface area (Å²) in [5.41, 5.74) is 4.30. The van der Waals surface area contributed by atoms with Crippen molar-refractivity contribution < 1.29 is 9.59 Å². The van der Waals surface area contributed by atoms with E-state index in [1.165, 1.54) is 0 Å². The fraction of sp³-hybridized carbons (Fsp3) is 0.333. The van der Waals surface area contributed by atoms with Crippen LogP contribution < -0.4 is 5.32 Å². The Bertz CT molecular complexity index is 730. The third-order valence-electron chi connectivity index (χ3n) is 4.37. The molecule has 0 aromatic heterocycles. The van der Waals surface area contributed by atoms with Gasteiger partial charge in [-0.3, -0.25) is 9.59 Å². The molecule has 0 amide bonds. The van der Waals surface area contributed by atoms with Gasteiger partial charge in [0.05, 0.1) is 0 Å². The van der Waals surface area contributed by atoms with E-state index in [1.54, 1.807) is 6.92 Å². The number of ketones is 2. The summed E-state index contributed by atoms with van der Waals surface area (Å²) in [6.45, 7) is 3.49. The van der Waals surface area contributed by atoms with Crippen LogP contribution in [-0.2, 0) is 9.59 Å². The van der Waals surface area contributed by atoms with Gasteiger partial charge in [0.1, 0.15) is 0 Å². The number of benzene rings is 1.